The van der Waals surface area contributed by atoms with Crippen molar-refractivity contribution in [2.45, 2.75) is 37.8 Å². The van der Waals surface area contributed by atoms with Crippen LogP contribution in [0.5, 0.6) is 0 Å². The molecule has 0 aromatic heterocycles. The highest BCUT2D eigenvalue weighted by molar-refractivity contribution is 4.79. The highest BCUT2D eigenvalue weighted by Gasteiger charge is 2.28. The van der Waals surface area contributed by atoms with E-state index in [-0.39, 0.29) is 6.42 Å². The van der Waals surface area contributed by atoms with Gasteiger partial charge < -0.3 is 25.5 Å². The van der Waals surface area contributed by atoms with Crippen LogP contribution < -0.4 is 0 Å². The molecule has 4 atom stereocenters. The van der Waals surface area contributed by atoms with Crippen molar-refractivity contribution in [1.82, 2.24) is 0 Å². The summed E-state index contributed by atoms with van der Waals surface area (Å²) in [5.41, 5.74) is 0. The Bertz CT molecular complexity index is 104. The maximum atomic E-state index is 9.12. The molecule has 12 heavy (non-hydrogen) atoms. The van der Waals surface area contributed by atoms with Gasteiger partial charge in [-0.05, 0) is 6.42 Å². The molecule has 0 saturated carbocycles. The lowest BCUT2D eigenvalue weighted by Gasteiger charge is -2.24. The van der Waals surface area contributed by atoms with Crippen LogP contribution in [0, 0.1) is 0 Å². The average Bonchev–Trinajstić information content (AvgIpc) is 2.12. The lowest BCUT2D eigenvalue weighted by atomic mass is 10.0. The molecule has 0 saturated heterocycles. The average molecular weight is 180 g/mol. The van der Waals surface area contributed by atoms with Gasteiger partial charge in [0, 0.05) is 0 Å². The first-order chi connectivity index (χ1) is 5.54. The van der Waals surface area contributed by atoms with Gasteiger partial charge in [-0.2, -0.15) is 0 Å². The third-order valence-corrected chi connectivity index (χ3v) is 1.74. The number of rotatable bonds is 5. The molecule has 5 nitrogen and oxygen atoms in total. The summed E-state index contributed by atoms with van der Waals surface area (Å²) in [5, 5.41) is 44.5. The van der Waals surface area contributed by atoms with Gasteiger partial charge in [-0.15, -0.1) is 0 Å². The van der Waals surface area contributed by atoms with Gasteiger partial charge in [-0.25, -0.2) is 0 Å². The van der Waals surface area contributed by atoms with Crippen LogP contribution in [0.2, 0.25) is 0 Å². The minimum Gasteiger partial charge on any atom is -0.394 e. The molecule has 0 aliphatic heterocycles. The molecular formula is C7H16O5. The van der Waals surface area contributed by atoms with Crippen LogP contribution in [0.4, 0.5) is 0 Å². The van der Waals surface area contributed by atoms with Crippen LogP contribution in [0.25, 0.3) is 0 Å². The maximum absolute atomic E-state index is 9.12. The van der Waals surface area contributed by atoms with Crippen molar-refractivity contribution < 1.29 is 25.5 Å². The zero-order valence-electron chi connectivity index (χ0n) is 6.96. The summed E-state index contributed by atoms with van der Waals surface area (Å²) in [6, 6.07) is 0. The van der Waals surface area contributed by atoms with E-state index in [1.165, 1.54) is 0 Å². The highest BCUT2D eigenvalue weighted by Crippen LogP contribution is 2.06. The molecule has 5 N–H and O–H groups in total. The minimum atomic E-state index is -1.51. The highest BCUT2D eigenvalue weighted by atomic mass is 16.4. The number of hydrogen-bond donors (Lipinski definition) is 5. The van der Waals surface area contributed by atoms with Crippen LogP contribution in [0.3, 0.4) is 0 Å². The van der Waals surface area contributed by atoms with E-state index in [4.69, 9.17) is 25.5 Å². The van der Waals surface area contributed by atoms with E-state index in [9.17, 15) is 0 Å². The molecule has 0 bridgehead atoms. The first-order valence-corrected chi connectivity index (χ1v) is 3.87. The summed E-state index contributed by atoms with van der Waals surface area (Å²) in [6.07, 6.45) is -5.15. The molecule has 0 fully saturated rings. The molecule has 0 spiro atoms. The van der Waals surface area contributed by atoms with E-state index in [0.29, 0.717) is 0 Å². The third-order valence-electron chi connectivity index (χ3n) is 1.74. The Hall–Kier alpha value is -0.200. The van der Waals surface area contributed by atoms with Crippen LogP contribution in [-0.2, 0) is 0 Å². The Kier molecular flexibility index (Phi) is 5.36. The Morgan fingerprint density at radius 1 is 0.917 bits per heavy atom. The number of aliphatic hydroxyl groups excluding tert-OH is 5. The van der Waals surface area contributed by atoms with Gasteiger partial charge in [0.2, 0.25) is 0 Å². The molecule has 0 radical (unpaired) electrons. The monoisotopic (exact) mass is 180 g/mol. The SMILES string of the molecule is CC[C@H](O)[C@H](O)[C@H](O)[C@H](O)CO. The molecule has 0 aromatic rings. The zero-order chi connectivity index (χ0) is 9.72. The van der Waals surface area contributed by atoms with Crippen LogP contribution in [0.15, 0.2) is 0 Å². The van der Waals surface area contributed by atoms with Crippen molar-refractivity contribution >= 4 is 0 Å². The first-order valence-electron chi connectivity index (χ1n) is 3.87. The summed E-state index contributed by atoms with van der Waals surface area (Å²) < 4.78 is 0. The van der Waals surface area contributed by atoms with E-state index in [0.717, 1.165) is 0 Å². The summed E-state index contributed by atoms with van der Waals surface area (Å²) >= 11 is 0. The normalized spacial score (nSPS) is 21.5. The molecule has 0 rings (SSSR count). The Labute approximate surface area is 70.9 Å². The van der Waals surface area contributed by atoms with E-state index in [1.807, 2.05) is 0 Å². The van der Waals surface area contributed by atoms with Crippen molar-refractivity contribution in [1.29, 1.82) is 0 Å². The lowest BCUT2D eigenvalue weighted by Crippen LogP contribution is -2.45. The topological polar surface area (TPSA) is 101 Å². The van der Waals surface area contributed by atoms with Crippen LogP contribution in [-0.4, -0.2) is 56.6 Å². The Balaban J connectivity index is 3.99. The van der Waals surface area contributed by atoms with E-state index >= 15 is 0 Å². The number of aliphatic hydroxyl groups is 5. The molecule has 0 aliphatic carbocycles. The molecule has 0 aliphatic rings. The molecule has 5 heteroatoms. The summed E-state index contributed by atoms with van der Waals surface area (Å²) in [4.78, 5) is 0. The fourth-order valence-corrected chi connectivity index (χ4v) is 0.805. The van der Waals surface area contributed by atoms with Gasteiger partial charge in [-0.1, -0.05) is 6.92 Å². The third kappa shape index (κ3) is 3.04. The predicted octanol–water partition coefficient (Wildman–Crippen LogP) is -2.17. The smallest absolute Gasteiger partial charge is 0.110 e. The summed E-state index contributed by atoms with van der Waals surface area (Å²) in [6.45, 7) is 0.987. The fraction of sp³-hybridized carbons (Fsp3) is 1.00. The fourth-order valence-electron chi connectivity index (χ4n) is 0.805. The predicted molar refractivity (Wildman–Crippen MR) is 41.4 cm³/mol. The van der Waals surface area contributed by atoms with Gasteiger partial charge in [0.15, 0.2) is 0 Å². The quantitative estimate of drug-likeness (QED) is 0.331. The molecule has 0 aromatic carbocycles. The van der Waals surface area contributed by atoms with Crippen molar-refractivity contribution in [3.63, 3.8) is 0 Å². The van der Waals surface area contributed by atoms with Crippen LogP contribution >= 0.6 is 0 Å². The van der Waals surface area contributed by atoms with Gasteiger partial charge in [0.25, 0.3) is 0 Å². The standard InChI is InChI=1S/C7H16O5/c1-2-4(9)6(11)7(12)5(10)3-8/h4-12H,2-3H2,1H3/t4-,5+,6-,7+/m0/s1. The van der Waals surface area contributed by atoms with Crippen molar-refractivity contribution in [3.8, 4) is 0 Å². The van der Waals surface area contributed by atoms with Crippen molar-refractivity contribution in [3.05, 3.63) is 0 Å². The van der Waals surface area contributed by atoms with Gasteiger partial charge in [-0.3, -0.25) is 0 Å². The molecule has 74 valence electrons. The minimum absolute atomic E-state index is 0.274. The number of hydrogen-bond acceptors (Lipinski definition) is 5. The van der Waals surface area contributed by atoms with Crippen molar-refractivity contribution in [2.24, 2.45) is 0 Å². The second-order valence-corrected chi connectivity index (χ2v) is 2.71. The summed E-state index contributed by atoms with van der Waals surface area (Å²) in [7, 11) is 0. The lowest BCUT2D eigenvalue weighted by molar-refractivity contribution is -0.115. The molecule has 0 unspecified atom stereocenters. The molecule has 0 amide bonds. The largest absolute Gasteiger partial charge is 0.394 e. The Morgan fingerprint density at radius 3 is 1.67 bits per heavy atom. The summed E-state index contributed by atoms with van der Waals surface area (Å²) in [5.74, 6) is 0. The maximum Gasteiger partial charge on any atom is 0.110 e. The van der Waals surface area contributed by atoms with Gasteiger partial charge in [0.05, 0.1) is 12.7 Å². The van der Waals surface area contributed by atoms with Gasteiger partial charge in [0.1, 0.15) is 18.3 Å². The molecule has 0 heterocycles. The zero-order valence-corrected chi connectivity index (χ0v) is 6.96. The van der Waals surface area contributed by atoms with Crippen molar-refractivity contribution in [2.75, 3.05) is 6.61 Å². The Morgan fingerprint density at radius 2 is 1.33 bits per heavy atom. The van der Waals surface area contributed by atoms with E-state index in [2.05, 4.69) is 0 Å². The van der Waals surface area contributed by atoms with Crippen LogP contribution in [0.1, 0.15) is 13.3 Å². The first kappa shape index (κ1) is 11.8. The van der Waals surface area contributed by atoms with E-state index in [1.54, 1.807) is 6.92 Å². The van der Waals surface area contributed by atoms with Gasteiger partial charge >= 0.3 is 0 Å². The second-order valence-electron chi connectivity index (χ2n) is 2.71. The van der Waals surface area contributed by atoms with E-state index < -0.39 is 31.0 Å². The molecular weight excluding hydrogens is 164 g/mol. The second kappa shape index (κ2) is 5.45.